The van der Waals surface area contributed by atoms with Crippen LogP contribution in [0.25, 0.3) is 0 Å². The molecule has 4 aliphatic rings. The third kappa shape index (κ3) is 2.60. The summed E-state index contributed by atoms with van der Waals surface area (Å²) in [6, 6.07) is 7.36. The van der Waals surface area contributed by atoms with Gasteiger partial charge in [-0.1, -0.05) is 24.3 Å². The maximum Gasteiger partial charge on any atom is 0.240 e. The summed E-state index contributed by atoms with van der Waals surface area (Å²) < 4.78 is 11.4. The second-order valence-corrected chi connectivity index (χ2v) is 7.56. The lowest BCUT2D eigenvalue weighted by Crippen LogP contribution is -2.46. The molecule has 1 aromatic carbocycles. The lowest BCUT2D eigenvalue weighted by molar-refractivity contribution is -0.144. The normalized spacial score (nSPS) is 32.7. The summed E-state index contributed by atoms with van der Waals surface area (Å²) in [4.78, 5) is 38.7. The molecule has 2 aliphatic carbocycles. The largest absolute Gasteiger partial charge is 0.486 e. The fraction of sp³-hybridized carbons (Fsp3) is 0.450. The van der Waals surface area contributed by atoms with Crippen molar-refractivity contribution in [2.24, 2.45) is 23.7 Å². The molecular weight excluding hydrogens is 348 g/mol. The van der Waals surface area contributed by atoms with Gasteiger partial charge in [-0.2, -0.15) is 0 Å². The zero-order chi connectivity index (χ0) is 18.5. The van der Waals surface area contributed by atoms with E-state index < -0.39 is 0 Å². The first-order valence-electron chi connectivity index (χ1n) is 9.30. The molecule has 0 unspecified atom stereocenters. The summed E-state index contributed by atoms with van der Waals surface area (Å²) in [6.07, 6.45) is 4.65. The monoisotopic (exact) mass is 368 g/mol. The number of carbonyl (C=O) groups excluding carboxylic acids is 3. The van der Waals surface area contributed by atoms with Gasteiger partial charge in [0.2, 0.25) is 17.7 Å². The van der Waals surface area contributed by atoms with E-state index in [-0.39, 0.29) is 60.6 Å². The molecule has 7 nitrogen and oxygen atoms in total. The van der Waals surface area contributed by atoms with E-state index in [1.165, 1.54) is 0 Å². The van der Waals surface area contributed by atoms with Crippen molar-refractivity contribution >= 4 is 17.7 Å². The van der Waals surface area contributed by atoms with Crippen LogP contribution in [0.3, 0.4) is 0 Å². The maximum atomic E-state index is 12.6. The summed E-state index contributed by atoms with van der Waals surface area (Å²) in [6.45, 7) is 0.357. The van der Waals surface area contributed by atoms with Gasteiger partial charge in [-0.3, -0.25) is 19.3 Å². The van der Waals surface area contributed by atoms with Gasteiger partial charge >= 0.3 is 0 Å². The third-order valence-electron chi connectivity index (χ3n) is 5.96. The molecular formula is C20H20N2O5. The lowest BCUT2D eigenvalue weighted by atomic mass is 9.85. The summed E-state index contributed by atoms with van der Waals surface area (Å²) in [5.74, 6) is 0.311. The molecule has 2 bridgehead atoms. The first kappa shape index (κ1) is 16.4. The Hall–Kier alpha value is -2.83. The van der Waals surface area contributed by atoms with Crippen molar-refractivity contribution < 1.29 is 23.9 Å². The lowest BCUT2D eigenvalue weighted by Gasteiger charge is -2.26. The maximum absolute atomic E-state index is 12.6. The summed E-state index contributed by atoms with van der Waals surface area (Å²) >= 11 is 0. The fourth-order valence-electron chi connectivity index (χ4n) is 4.71. The molecule has 0 spiro atoms. The molecule has 0 radical (unpaired) electrons. The highest BCUT2D eigenvalue weighted by Gasteiger charge is 2.59. The number of allylic oxidation sites excluding steroid dienone is 2. The minimum absolute atomic E-state index is 0.150. The van der Waals surface area contributed by atoms with E-state index in [1.54, 1.807) is 0 Å². The number of nitrogens with zero attached hydrogens (tertiary/aromatic N) is 1. The summed E-state index contributed by atoms with van der Waals surface area (Å²) in [5.41, 5.74) is 0. The molecule has 3 amide bonds. The van der Waals surface area contributed by atoms with Crippen LogP contribution in [0.4, 0.5) is 0 Å². The highest BCUT2D eigenvalue weighted by molar-refractivity contribution is 6.08. The number of amides is 3. The van der Waals surface area contributed by atoms with Gasteiger partial charge in [-0.05, 0) is 30.4 Å². The van der Waals surface area contributed by atoms with Gasteiger partial charge in [0.25, 0.3) is 0 Å². The van der Waals surface area contributed by atoms with Crippen molar-refractivity contribution in [3.05, 3.63) is 36.4 Å². The van der Waals surface area contributed by atoms with Gasteiger partial charge in [-0.25, -0.2) is 0 Å². The van der Waals surface area contributed by atoms with Crippen LogP contribution in [0.5, 0.6) is 11.5 Å². The van der Waals surface area contributed by atoms with Crippen LogP contribution in [0.1, 0.15) is 6.42 Å². The molecule has 5 atom stereocenters. The minimum atomic E-state index is -0.362. The van der Waals surface area contributed by atoms with Crippen molar-refractivity contribution in [3.63, 3.8) is 0 Å². The Kier molecular flexibility index (Phi) is 3.70. The molecule has 0 aromatic heterocycles. The van der Waals surface area contributed by atoms with Crippen LogP contribution < -0.4 is 14.8 Å². The standard InChI is InChI=1S/C20H20N2O5/c23-16(21-8-13-10-26-14-3-1-2-4-15(14)27-13)9-22-19(24)17-11-5-6-12(7-11)18(17)20(22)25/h1-6,11-13,17-18H,7-10H2,(H,21,23)/t11-,12-,13-,17+,18+/m0/s1. The zero-order valence-electron chi connectivity index (χ0n) is 14.7. The van der Waals surface area contributed by atoms with Gasteiger partial charge < -0.3 is 14.8 Å². The predicted octanol–water partition coefficient (Wildman–Crippen LogP) is 0.750. The van der Waals surface area contributed by atoms with Gasteiger partial charge in [0, 0.05) is 0 Å². The average Bonchev–Trinajstić information content (AvgIpc) is 3.36. The molecule has 1 saturated heterocycles. The number of rotatable bonds is 4. The minimum Gasteiger partial charge on any atom is -0.486 e. The van der Waals surface area contributed by atoms with Gasteiger partial charge in [-0.15, -0.1) is 0 Å². The Labute approximate surface area is 156 Å². The van der Waals surface area contributed by atoms with Crippen LogP contribution in [0, 0.1) is 23.7 Å². The summed E-state index contributed by atoms with van der Waals surface area (Å²) in [7, 11) is 0. The van der Waals surface area contributed by atoms with E-state index in [2.05, 4.69) is 5.32 Å². The van der Waals surface area contributed by atoms with Crippen molar-refractivity contribution in [2.75, 3.05) is 19.7 Å². The number of nitrogens with one attached hydrogen (secondary N) is 1. The van der Waals surface area contributed by atoms with E-state index in [1.807, 2.05) is 36.4 Å². The highest BCUT2D eigenvalue weighted by Crippen LogP contribution is 2.52. The Morgan fingerprint density at radius 3 is 2.44 bits per heavy atom. The number of benzene rings is 1. The fourth-order valence-corrected chi connectivity index (χ4v) is 4.71. The van der Waals surface area contributed by atoms with Crippen LogP contribution in [-0.4, -0.2) is 48.4 Å². The number of imide groups is 1. The average molecular weight is 368 g/mol. The number of ether oxygens (including phenoxy) is 2. The topological polar surface area (TPSA) is 84.9 Å². The molecule has 7 heteroatoms. The molecule has 2 heterocycles. The molecule has 2 fully saturated rings. The molecule has 140 valence electrons. The Balaban J connectivity index is 1.17. The predicted molar refractivity (Wildman–Crippen MR) is 93.8 cm³/mol. The second kappa shape index (κ2) is 6.11. The number of carbonyl (C=O) groups is 3. The van der Waals surface area contributed by atoms with E-state index in [4.69, 9.17) is 9.47 Å². The Bertz CT molecular complexity index is 821. The Morgan fingerprint density at radius 1 is 1.07 bits per heavy atom. The highest BCUT2D eigenvalue weighted by atomic mass is 16.6. The summed E-state index contributed by atoms with van der Waals surface area (Å²) in [5, 5.41) is 2.75. The second-order valence-electron chi connectivity index (χ2n) is 7.56. The zero-order valence-corrected chi connectivity index (χ0v) is 14.7. The first-order valence-corrected chi connectivity index (χ1v) is 9.30. The smallest absolute Gasteiger partial charge is 0.240 e. The molecule has 1 N–H and O–H groups in total. The van der Waals surface area contributed by atoms with E-state index in [9.17, 15) is 14.4 Å². The molecule has 1 saturated carbocycles. The number of hydrogen-bond donors (Lipinski definition) is 1. The molecule has 27 heavy (non-hydrogen) atoms. The van der Waals surface area contributed by atoms with E-state index in [0.717, 1.165) is 11.3 Å². The third-order valence-corrected chi connectivity index (χ3v) is 5.96. The number of hydrogen-bond acceptors (Lipinski definition) is 5. The quantitative estimate of drug-likeness (QED) is 0.626. The number of fused-ring (bicyclic) bond motifs is 6. The first-order chi connectivity index (χ1) is 13.1. The van der Waals surface area contributed by atoms with Gasteiger partial charge in [0.1, 0.15) is 19.3 Å². The number of para-hydroxylation sites is 2. The molecule has 1 aromatic rings. The van der Waals surface area contributed by atoms with Crippen LogP contribution in [0.2, 0.25) is 0 Å². The van der Waals surface area contributed by atoms with Crippen molar-refractivity contribution in [1.82, 2.24) is 10.2 Å². The SMILES string of the molecule is O=C(CN1C(=O)[C@H]2[C@H](C1=O)[C@H]1C=C[C@H]2C1)NC[C@H]1COc2ccccc2O1. The number of likely N-dealkylation sites (tertiary alicyclic amines) is 1. The van der Waals surface area contributed by atoms with E-state index >= 15 is 0 Å². The van der Waals surface area contributed by atoms with E-state index in [0.29, 0.717) is 18.1 Å². The van der Waals surface area contributed by atoms with Crippen LogP contribution in [0.15, 0.2) is 36.4 Å². The van der Waals surface area contributed by atoms with Gasteiger partial charge in [0.15, 0.2) is 11.5 Å². The van der Waals surface area contributed by atoms with Crippen LogP contribution in [-0.2, 0) is 14.4 Å². The van der Waals surface area contributed by atoms with Crippen molar-refractivity contribution in [3.8, 4) is 11.5 Å². The van der Waals surface area contributed by atoms with Crippen molar-refractivity contribution in [2.45, 2.75) is 12.5 Å². The Morgan fingerprint density at radius 2 is 1.74 bits per heavy atom. The molecule has 2 aliphatic heterocycles. The van der Waals surface area contributed by atoms with Gasteiger partial charge in [0.05, 0.1) is 18.4 Å². The molecule has 5 rings (SSSR count). The van der Waals surface area contributed by atoms with Crippen molar-refractivity contribution in [1.29, 1.82) is 0 Å². The van der Waals surface area contributed by atoms with Crippen LogP contribution >= 0.6 is 0 Å².